The highest BCUT2D eigenvalue weighted by Gasteiger charge is 2.12. The van der Waals surface area contributed by atoms with Crippen LogP contribution in [0.3, 0.4) is 0 Å². The lowest BCUT2D eigenvalue weighted by molar-refractivity contribution is 0.102. The van der Waals surface area contributed by atoms with Gasteiger partial charge in [0.1, 0.15) is 17.3 Å². The normalized spacial score (nSPS) is 10.2. The molecule has 3 rings (SSSR count). The van der Waals surface area contributed by atoms with Gasteiger partial charge in [0.25, 0.3) is 5.91 Å². The molecule has 1 heterocycles. The number of rotatable bonds is 6. The fourth-order valence-corrected chi connectivity index (χ4v) is 2.43. The second kappa shape index (κ2) is 8.18. The molecule has 0 aliphatic heterocycles. The van der Waals surface area contributed by atoms with Crippen LogP contribution in [0.1, 0.15) is 10.4 Å². The number of benzene rings is 2. The van der Waals surface area contributed by atoms with Crippen molar-refractivity contribution < 1.29 is 18.7 Å². The Morgan fingerprint density at radius 2 is 1.74 bits per heavy atom. The molecule has 3 aromatic rings. The zero-order valence-corrected chi connectivity index (χ0v) is 14.8. The molecular formula is C20H18FN3O3. The first-order valence-electron chi connectivity index (χ1n) is 8.10. The van der Waals surface area contributed by atoms with Crippen LogP contribution in [0.5, 0.6) is 11.5 Å². The molecule has 0 aliphatic rings. The lowest BCUT2D eigenvalue weighted by Crippen LogP contribution is -2.13. The Morgan fingerprint density at radius 3 is 2.44 bits per heavy atom. The summed E-state index contributed by atoms with van der Waals surface area (Å²) in [6.07, 6.45) is 3.04. The topological polar surface area (TPSA) is 72.5 Å². The molecule has 2 aromatic carbocycles. The Bertz CT molecular complexity index is 945. The summed E-state index contributed by atoms with van der Waals surface area (Å²) >= 11 is 0. The van der Waals surface area contributed by atoms with Crippen LogP contribution in [0.4, 0.5) is 21.5 Å². The SMILES string of the molecule is COc1ccc(NC(=O)c2cncc(Nc3ccc(F)cc3)c2)c(OC)c1. The molecule has 0 radical (unpaired) electrons. The van der Waals surface area contributed by atoms with Gasteiger partial charge in [0.2, 0.25) is 0 Å². The van der Waals surface area contributed by atoms with Crippen LogP contribution in [0.2, 0.25) is 0 Å². The summed E-state index contributed by atoms with van der Waals surface area (Å²) in [6, 6.07) is 12.7. The van der Waals surface area contributed by atoms with E-state index in [0.29, 0.717) is 34.1 Å². The summed E-state index contributed by atoms with van der Waals surface area (Å²) in [5.74, 6) is 0.447. The van der Waals surface area contributed by atoms with Gasteiger partial charge in [-0.3, -0.25) is 9.78 Å². The minimum atomic E-state index is -0.339. The molecule has 6 nitrogen and oxygen atoms in total. The van der Waals surface area contributed by atoms with E-state index in [4.69, 9.17) is 9.47 Å². The van der Waals surface area contributed by atoms with E-state index >= 15 is 0 Å². The van der Waals surface area contributed by atoms with Crippen molar-refractivity contribution in [3.05, 3.63) is 72.3 Å². The van der Waals surface area contributed by atoms with Crippen molar-refractivity contribution in [2.24, 2.45) is 0 Å². The van der Waals surface area contributed by atoms with Crippen molar-refractivity contribution in [1.82, 2.24) is 4.98 Å². The molecule has 0 aliphatic carbocycles. The number of aromatic nitrogens is 1. The Kier molecular flexibility index (Phi) is 5.51. The minimum Gasteiger partial charge on any atom is -0.497 e. The number of nitrogens with zero attached hydrogens (tertiary/aromatic N) is 1. The Labute approximate surface area is 156 Å². The lowest BCUT2D eigenvalue weighted by atomic mass is 10.2. The van der Waals surface area contributed by atoms with Crippen LogP contribution >= 0.6 is 0 Å². The van der Waals surface area contributed by atoms with Crippen molar-refractivity contribution in [1.29, 1.82) is 0 Å². The molecule has 0 atom stereocenters. The molecule has 1 amide bonds. The highest BCUT2D eigenvalue weighted by Crippen LogP contribution is 2.29. The maximum absolute atomic E-state index is 13.0. The van der Waals surface area contributed by atoms with E-state index in [1.807, 2.05) is 0 Å². The number of halogens is 1. The highest BCUT2D eigenvalue weighted by atomic mass is 19.1. The number of methoxy groups -OCH3 is 2. The number of hydrogen-bond acceptors (Lipinski definition) is 5. The van der Waals surface area contributed by atoms with Crippen LogP contribution in [-0.4, -0.2) is 25.1 Å². The van der Waals surface area contributed by atoms with Crippen molar-refractivity contribution in [2.75, 3.05) is 24.9 Å². The number of carbonyl (C=O) groups is 1. The van der Waals surface area contributed by atoms with Crippen LogP contribution < -0.4 is 20.1 Å². The molecule has 27 heavy (non-hydrogen) atoms. The number of hydrogen-bond donors (Lipinski definition) is 2. The van der Waals surface area contributed by atoms with Gasteiger partial charge in [-0.15, -0.1) is 0 Å². The van der Waals surface area contributed by atoms with Crippen molar-refractivity contribution >= 4 is 23.0 Å². The third-order valence-electron chi connectivity index (χ3n) is 3.79. The Morgan fingerprint density at radius 1 is 0.963 bits per heavy atom. The molecule has 1 aromatic heterocycles. The first-order chi connectivity index (χ1) is 13.1. The standard InChI is InChI=1S/C20H18FN3O3/c1-26-17-7-8-18(19(10-17)27-2)24-20(25)13-9-16(12-22-11-13)23-15-5-3-14(21)4-6-15/h3-12,23H,1-2H3,(H,24,25). The molecule has 0 fully saturated rings. The summed E-state index contributed by atoms with van der Waals surface area (Å²) < 4.78 is 23.4. The van der Waals surface area contributed by atoms with Crippen molar-refractivity contribution in [3.8, 4) is 11.5 Å². The smallest absolute Gasteiger partial charge is 0.257 e. The third kappa shape index (κ3) is 4.52. The number of nitrogens with one attached hydrogen (secondary N) is 2. The van der Waals surface area contributed by atoms with E-state index in [2.05, 4.69) is 15.6 Å². The average Bonchev–Trinajstić information content (AvgIpc) is 2.70. The van der Waals surface area contributed by atoms with Crippen LogP contribution in [0.25, 0.3) is 0 Å². The molecule has 0 unspecified atom stereocenters. The third-order valence-corrected chi connectivity index (χ3v) is 3.79. The van der Waals surface area contributed by atoms with Gasteiger partial charge in [-0.05, 0) is 42.5 Å². The number of amides is 1. The van der Waals surface area contributed by atoms with E-state index in [1.54, 1.807) is 49.7 Å². The van der Waals surface area contributed by atoms with Gasteiger partial charge >= 0.3 is 0 Å². The fourth-order valence-electron chi connectivity index (χ4n) is 2.43. The number of anilines is 3. The maximum atomic E-state index is 13.0. The van der Waals surface area contributed by atoms with E-state index in [-0.39, 0.29) is 11.7 Å². The molecular weight excluding hydrogens is 349 g/mol. The van der Waals surface area contributed by atoms with Crippen LogP contribution in [-0.2, 0) is 0 Å². The quantitative estimate of drug-likeness (QED) is 0.682. The predicted octanol–water partition coefficient (Wildman–Crippen LogP) is 4.23. The van der Waals surface area contributed by atoms with E-state index < -0.39 is 0 Å². The zero-order chi connectivity index (χ0) is 19.2. The Balaban J connectivity index is 1.76. The monoisotopic (exact) mass is 367 g/mol. The van der Waals surface area contributed by atoms with Gasteiger partial charge in [0.15, 0.2) is 0 Å². The van der Waals surface area contributed by atoms with Gasteiger partial charge in [-0.25, -0.2) is 4.39 Å². The summed E-state index contributed by atoms with van der Waals surface area (Å²) in [4.78, 5) is 16.7. The molecule has 138 valence electrons. The van der Waals surface area contributed by atoms with Gasteiger partial charge in [0.05, 0.1) is 37.4 Å². The number of pyridine rings is 1. The number of ether oxygens (including phenoxy) is 2. The largest absolute Gasteiger partial charge is 0.497 e. The van der Waals surface area contributed by atoms with Gasteiger partial charge in [-0.1, -0.05) is 0 Å². The van der Waals surface area contributed by atoms with Crippen molar-refractivity contribution in [2.45, 2.75) is 0 Å². The van der Waals surface area contributed by atoms with Crippen LogP contribution in [0.15, 0.2) is 60.9 Å². The summed E-state index contributed by atoms with van der Waals surface area (Å²) in [5.41, 5.74) is 2.17. The van der Waals surface area contributed by atoms with Gasteiger partial charge < -0.3 is 20.1 Å². The molecule has 0 spiro atoms. The van der Waals surface area contributed by atoms with E-state index in [9.17, 15) is 9.18 Å². The first-order valence-corrected chi connectivity index (χ1v) is 8.10. The zero-order valence-electron chi connectivity index (χ0n) is 14.8. The molecule has 7 heteroatoms. The van der Waals surface area contributed by atoms with E-state index in [0.717, 1.165) is 0 Å². The predicted molar refractivity (Wildman–Crippen MR) is 101 cm³/mol. The lowest BCUT2D eigenvalue weighted by Gasteiger charge is -2.12. The molecule has 0 saturated carbocycles. The van der Waals surface area contributed by atoms with Gasteiger partial charge in [-0.2, -0.15) is 0 Å². The maximum Gasteiger partial charge on any atom is 0.257 e. The second-order valence-electron chi connectivity index (χ2n) is 5.61. The highest BCUT2D eigenvalue weighted by molar-refractivity contribution is 6.05. The molecule has 2 N–H and O–H groups in total. The second-order valence-corrected chi connectivity index (χ2v) is 5.61. The molecule has 0 bridgehead atoms. The van der Waals surface area contributed by atoms with Crippen LogP contribution in [0, 0.1) is 5.82 Å². The first kappa shape index (κ1) is 18.2. The number of carbonyl (C=O) groups excluding carboxylic acids is 1. The molecule has 0 saturated heterocycles. The Hall–Kier alpha value is -3.61. The minimum absolute atomic E-state index is 0.319. The van der Waals surface area contributed by atoms with E-state index in [1.165, 1.54) is 25.4 Å². The summed E-state index contributed by atoms with van der Waals surface area (Å²) in [5, 5.41) is 5.87. The average molecular weight is 367 g/mol. The van der Waals surface area contributed by atoms with Gasteiger partial charge in [0, 0.05) is 18.0 Å². The van der Waals surface area contributed by atoms with Crippen molar-refractivity contribution in [3.63, 3.8) is 0 Å². The fraction of sp³-hybridized carbons (Fsp3) is 0.100. The summed E-state index contributed by atoms with van der Waals surface area (Å²) in [7, 11) is 3.07. The summed E-state index contributed by atoms with van der Waals surface area (Å²) in [6.45, 7) is 0.